The van der Waals surface area contributed by atoms with E-state index in [1.165, 1.54) is 24.4 Å². The maximum absolute atomic E-state index is 13.5. The second kappa shape index (κ2) is 7.00. The van der Waals surface area contributed by atoms with E-state index in [0.29, 0.717) is 29.9 Å². The van der Waals surface area contributed by atoms with Crippen molar-refractivity contribution in [3.63, 3.8) is 0 Å². The first-order valence-electron chi connectivity index (χ1n) is 9.42. The van der Waals surface area contributed by atoms with Crippen LogP contribution in [0.5, 0.6) is 0 Å². The second-order valence-electron chi connectivity index (χ2n) is 7.58. The van der Waals surface area contributed by atoms with Gasteiger partial charge in [0, 0.05) is 12.2 Å². The lowest BCUT2D eigenvalue weighted by molar-refractivity contribution is -0.124. The van der Waals surface area contributed by atoms with E-state index in [2.05, 4.69) is 10.3 Å². The van der Waals surface area contributed by atoms with Crippen LogP contribution in [0.15, 0.2) is 36.5 Å². The normalized spacial score (nSPS) is 25.9. The maximum atomic E-state index is 13.5. The summed E-state index contributed by atoms with van der Waals surface area (Å²) in [6.45, 7) is 0. The molecule has 1 saturated carbocycles. The molecule has 1 aliphatic carbocycles. The number of pyridine rings is 1. The number of primary amides is 1. The summed E-state index contributed by atoms with van der Waals surface area (Å²) in [5, 5.41) is 12.9. The fourth-order valence-corrected chi connectivity index (χ4v) is 4.49. The molecule has 1 aromatic heterocycles. The van der Waals surface area contributed by atoms with Gasteiger partial charge in [0.1, 0.15) is 17.5 Å². The third-order valence-corrected chi connectivity index (χ3v) is 5.80. The molecule has 3 unspecified atom stereocenters. The number of hydrogen-bond acceptors (Lipinski definition) is 6. The summed E-state index contributed by atoms with van der Waals surface area (Å²) >= 11 is 0. The van der Waals surface area contributed by atoms with Crippen LogP contribution in [0.3, 0.4) is 0 Å². The van der Waals surface area contributed by atoms with E-state index in [9.17, 15) is 19.1 Å². The largest absolute Gasteiger partial charge is 0.478 e. The Kier molecular flexibility index (Phi) is 4.62. The smallest absolute Gasteiger partial charge is 0.338 e. The average molecular weight is 399 g/mol. The van der Waals surface area contributed by atoms with Crippen LogP contribution in [-0.4, -0.2) is 33.5 Å². The maximum Gasteiger partial charge on any atom is 0.338 e. The van der Waals surface area contributed by atoms with E-state index in [4.69, 9.17) is 11.5 Å². The summed E-state index contributed by atoms with van der Waals surface area (Å²) in [6.07, 6.45) is 2.90. The van der Waals surface area contributed by atoms with E-state index in [1.54, 1.807) is 17.0 Å². The van der Waals surface area contributed by atoms with Gasteiger partial charge in [-0.15, -0.1) is 0 Å². The van der Waals surface area contributed by atoms with Crippen LogP contribution in [0.25, 0.3) is 0 Å². The molecule has 3 atom stereocenters. The molecule has 4 rings (SSSR count). The van der Waals surface area contributed by atoms with Gasteiger partial charge in [-0.1, -0.05) is 12.1 Å². The second-order valence-corrected chi connectivity index (χ2v) is 7.58. The first-order chi connectivity index (χ1) is 13.8. The number of hydrogen-bond donors (Lipinski definition) is 4. The lowest BCUT2D eigenvalue weighted by Gasteiger charge is -2.47. The molecule has 1 aliphatic heterocycles. The fraction of sp³-hybridized carbons (Fsp3) is 0.350. The van der Waals surface area contributed by atoms with E-state index in [0.717, 1.165) is 6.42 Å². The fourth-order valence-electron chi connectivity index (χ4n) is 4.49. The molecule has 9 heteroatoms. The van der Waals surface area contributed by atoms with Gasteiger partial charge in [-0.25, -0.2) is 14.2 Å². The monoisotopic (exact) mass is 399 g/mol. The number of rotatable bonds is 4. The number of carbonyl (C=O) groups is 2. The third-order valence-electron chi connectivity index (χ3n) is 5.80. The third kappa shape index (κ3) is 3.07. The van der Waals surface area contributed by atoms with Gasteiger partial charge in [0.15, 0.2) is 5.82 Å². The molecule has 0 bridgehead atoms. The summed E-state index contributed by atoms with van der Waals surface area (Å²) in [5.74, 6) is -1.78. The van der Waals surface area contributed by atoms with Crippen LogP contribution >= 0.6 is 0 Å². The molecular weight excluding hydrogens is 377 g/mol. The lowest BCUT2D eigenvalue weighted by atomic mass is 9.76. The zero-order valence-corrected chi connectivity index (χ0v) is 15.6. The number of fused-ring (bicyclic) bond motifs is 1. The van der Waals surface area contributed by atoms with Crippen molar-refractivity contribution in [2.75, 3.05) is 10.2 Å². The Hall–Kier alpha value is -3.20. The van der Waals surface area contributed by atoms with Crippen molar-refractivity contribution < 1.29 is 19.1 Å². The van der Waals surface area contributed by atoms with Crippen LogP contribution in [0, 0.1) is 5.82 Å². The Morgan fingerprint density at radius 2 is 2.00 bits per heavy atom. The number of carboxylic acid groups (broad SMARTS) is 1. The molecule has 152 valence electrons. The first kappa shape index (κ1) is 19.1. The Bertz CT molecular complexity index is 967. The summed E-state index contributed by atoms with van der Waals surface area (Å²) in [5.41, 5.74) is 11.9. The molecule has 2 heterocycles. The predicted octanol–water partition coefficient (Wildman–Crippen LogP) is 1.97. The minimum atomic E-state index is -1.19. The van der Waals surface area contributed by atoms with E-state index in [1.807, 2.05) is 0 Å². The molecule has 0 saturated heterocycles. The SMILES string of the molecule is NC(=O)C1(N2c3c(C(=O)O)ccnc3NC2c2ccc(F)cc2)CCCC(N)C1. The quantitative estimate of drug-likeness (QED) is 0.617. The highest BCUT2D eigenvalue weighted by molar-refractivity contribution is 6.02. The van der Waals surface area contributed by atoms with Crippen molar-refractivity contribution in [2.24, 2.45) is 11.5 Å². The Balaban J connectivity index is 1.94. The number of benzene rings is 1. The van der Waals surface area contributed by atoms with Crippen molar-refractivity contribution in [1.82, 2.24) is 4.98 Å². The predicted molar refractivity (Wildman–Crippen MR) is 105 cm³/mol. The number of carbonyl (C=O) groups excluding carboxylic acids is 1. The Morgan fingerprint density at radius 3 is 2.62 bits per heavy atom. The highest BCUT2D eigenvalue weighted by Gasteiger charge is 2.52. The summed E-state index contributed by atoms with van der Waals surface area (Å²) in [7, 11) is 0. The highest BCUT2D eigenvalue weighted by atomic mass is 19.1. The number of nitrogens with one attached hydrogen (secondary N) is 1. The van der Waals surface area contributed by atoms with E-state index >= 15 is 0 Å². The van der Waals surface area contributed by atoms with Crippen molar-refractivity contribution in [3.8, 4) is 0 Å². The first-order valence-corrected chi connectivity index (χ1v) is 9.42. The number of aromatic carboxylic acids is 1. The minimum absolute atomic E-state index is 0.00637. The van der Waals surface area contributed by atoms with Gasteiger partial charge in [0.25, 0.3) is 0 Å². The van der Waals surface area contributed by atoms with E-state index < -0.39 is 29.4 Å². The zero-order valence-electron chi connectivity index (χ0n) is 15.6. The van der Waals surface area contributed by atoms with Crippen LogP contribution in [-0.2, 0) is 4.79 Å². The van der Waals surface area contributed by atoms with Gasteiger partial charge in [-0.3, -0.25) is 4.79 Å². The molecule has 2 aromatic rings. The van der Waals surface area contributed by atoms with Gasteiger partial charge in [-0.2, -0.15) is 0 Å². The van der Waals surface area contributed by atoms with Gasteiger partial charge in [0.05, 0.1) is 11.3 Å². The molecule has 8 nitrogen and oxygen atoms in total. The van der Waals surface area contributed by atoms with E-state index in [-0.39, 0.29) is 18.0 Å². The number of nitrogens with zero attached hydrogens (tertiary/aromatic N) is 2. The molecule has 1 fully saturated rings. The topological polar surface area (TPSA) is 135 Å². The molecule has 1 aromatic carbocycles. The molecule has 2 aliphatic rings. The van der Waals surface area contributed by atoms with Crippen LogP contribution < -0.4 is 21.7 Å². The lowest BCUT2D eigenvalue weighted by Crippen LogP contribution is -2.62. The van der Waals surface area contributed by atoms with Crippen molar-refractivity contribution in [3.05, 3.63) is 53.5 Å². The summed E-state index contributed by atoms with van der Waals surface area (Å²) in [6, 6.07) is 6.94. The van der Waals surface area contributed by atoms with Crippen LogP contribution in [0.4, 0.5) is 15.9 Å². The van der Waals surface area contributed by atoms with Gasteiger partial charge < -0.3 is 26.8 Å². The molecule has 0 spiro atoms. The molecule has 6 N–H and O–H groups in total. The van der Waals surface area contributed by atoms with Gasteiger partial charge >= 0.3 is 5.97 Å². The standard InChI is InChI=1S/C20H22FN5O3/c21-12-5-3-11(4-6-12)17-25-16-15(14(18(27)28)7-9-24-16)26(17)20(19(23)29)8-1-2-13(22)10-20/h3-7,9,13,17H,1-2,8,10,22H2,(H2,23,29)(H,24,25)(H,27,28). The number of anilines is 2. The average Bonchev–Trinajstić information content (AvgIpc) is 3.08. The Morgan fingerprint density at radius 1 is 1.28 bits per heavy atom. The van der Waals surface area contributed by atoms with Crippen molar-refractivity contribution >= 4 is 23.4 Å². The Labute approximate surface area is 166 Å². The molecule has 1 amide bonds. The molecular formula is C20H22FN5O3. The van der Waals surface area contributed by atoms with Crippen molar-refractivity contribution in [1.29, 1.82) is 0 Å². The summed E-state index contributed by atoms with van der Waals surface area (Å²) < 4.78 is 13.5. The number of nitrogens with two attached hydrogens (primary N) is 2. The minimum Gasteiger partial charge on any atom is -0.478 e. The number of aromatic nitrogens is 1. The van der Waals surface area contributed by atoms with Gasteiger partial charge in [-0.05, 0) is 49.4 Å². The summed E-state index contributed by atoms with van der Waals surface area (Å²) in [4.78, 5) is 30.7. The number of amides is 1. The zero-order chi connectivity index (χ0) is 20.8. The van der Waals surface area contributed by atoms with Gasteiger partial charge in [0.2, 0.25) is 5.91 Å². The molecule has 29 heavy (non-hydrogen) atoms. The number of halogens is 1. The van der Waals surface area contributed by atoms with Crippen LogP contribution in [0.2, 0.25) is 0 Å². The van der Waals surface area contributed by atoms with Crippen molar-refractivity contribution in [2.45, 2.75) is 43.4 Å². The molecule has 0 radical (unpaired) electrons. The van der Waals surface area contributed by atoms with Crippen LogP contribution in [0.1, 0.15) is 47.8 Å². The number of carboxylic acids is 1. The highest BCUT2D eigenvalue weighted by Crippen LogP contribution is 2.50.